The van der Waals surface area contributed by atoms with E-state index in [1.165, 1.54) is 0 Å². The fourth-order valence-electron chi connectivity index (χ4n) is 4.71. The van der Waals surface area contributed by atoms with Gasteiger partial charge in [0.1, 0.15) is 11.4 Å². The molecular weight excluding hydrogens is 586 g/mol. The summed E-state index contributed by atoms with van der Waals surface area (Å²) in [5.41, 5.74) is 9.14. The molecule has 0 saturated heterocycles. The number of hydrogen-bond donors (Lipinski definition) is 2. The summed E-state index contributed by atoms with van der Waals surface area (Å²) in [4.78, 5) is 26.5. The van der Waals surface area contributed by atoms with Gasteiger partial charge in [-0.2, -0.15) is 0 Å². The van der Waals surface area contributed by atoms with Crippen molar-refractivity contribution in [3.63, 3.8) is 0 Å². The molecule has 10 nitrogen and oxygen atoms in total. The van der Waals surface area contributed by atoms with Crippen LogP contribution in [0.3, 0.4) is 0 Å². The lowest BCUT2D eigenvalue weighted by molar-refractivity contribution is 0.0482. The minimum absolute atomic E-state index is 0.0506. The SMILES string of the molecule is COc1cc2ncc3c(N)nc(-c4cncc(CC[C@H](CO[Si](C)(C)C(C)(C)C)NC(=O)OC(C)(C)C)c4)cc3c2cc1OC. The first-order chi connectivity index (χ1) is 21.0. The first-order valence-corrected chi connectivity index (χ1v) is 18.1. The zero-order valence-corrected chi connectivity index (χ0v) is 29.2. The highest BCUT2D eigenvalue weighted by atomic mass is 28.4. The van der Waals surface area contributed by atoms with Crippen LogP contribution in [0.5, 0.6) is 11.5 Å². The molecular formula is C34H47N5O5Si. The number of benzene rings is 1. The second-order valence-corrected chi connectivity index (χ2v) is 18.7. The largest absolute Gasteiger partial charge is 0.493 e. The van der Waals surface area contributed by atoms with Crippen molar-refractivity contribution < 1.29 is 23.4 Å². The molecule has 3 N–H and O–H groups in total. The molecule has 0 fully saturated rings. The molecule has 11 heteroatoms. The molecule has 0 aliphatic carbocycles. The van der Waals surface area contributed by atoms with Crippen LogP contribution in [-0.4, -0.2) is 61.8 Å². The van der Waals surface area contributed by atoms with Gasteiger partial charge in [0.05, 0.1) is 38.1 Å². The predicted octanol–water partition coefficient (Wildman–Crippen LogP) is 7.29. The molecule has 0 bridgehead atoms. The fraction of sp³-hybridized carbons (Fsp3) is 0.471. The van der Waals surface area contributed by atoms with E-state index in [9.17, 15) is 4.79 Å². The Balaban J connectivity index is 1.61. The highest BCUT2D eigenvalue weighted by Gasteiger charge is 2.37. The van der Waals surface area contributed by atoms with Crippen LogP contribution in [0.1, 0.15) is 53.5 Å². The van der Waals surface area contributed by atoms with Crippen LogP contribution < -0.4 is 20.5 Å². The maximum absolute atomic E-state index is 12.7. The van der Waals surface area contributed by atoms with Crippen LogP contribution in [0.25, 0.3) is 32.9 Å². The average molecular weight is 634 g/mol. The van der Waals surface area contributed by atoms with Crippen molar-refractivity contribution in [3.05, 3.63) is 48.4 Å². The summed E-state index contributed by atoms with van der Waals surface area (Å²) in [5.74, 6) is 1.58. The molecule has 1 aromatic carbocycles. The number of nitrogen functional groups attached to an aromatic ring is 1. The summed E-state index contributed by atoms with van der Waals surface area (Å²) in [6.07, 6.45) is 6.20. The minimum atomic E-state index is -2.03. The Kier molecular flexibility index (Phi) is 9.94. The summed E-state index contributed by atoms with van der Waals surface area (Å²) in [6, 6.07) is 7.58. The number of rotatable bonds is 10. The number of carbonyl (C=O) groups excluding carboxylic acids is 1. The fourth-order valence-corrected chi connectivity index (χ4v) is 5.76. The molecule has 0 saturated carbocycles. The summed E-state index contributed by atoms with van der Waals surface area (Å²) in [7, 11) is 1.17. The van der Waals surface area contributed by atoms with Gasteiger partial charge in [-0.05, 0) is 80.9 Å². The number of aryl methyl sites for hydroxylation is 1. The number of nitrogens with one attached hydrogen (secondary N) is 1. The quantitative estimate of drug-likeness (QED) is 0.136. The summed E-state index contributed by atoms with van der Waals surface area (Å²) >= 11 is 0. The second-order valence-electron chi connectivity index (χ2n) is 13.9. The minimum Gasteiger partial charge on any atom is -0.493 e. The molecule has 0 radical (unpaired) electrons. The number of amides is 1. The molecule has 4 rings (SSSR count). The van der Waals surface area contributed by atoms with E-state index in [4.69, 9.17) is 29.4 Å². The van der Waals surface area contributed by atoms with E-state index in [1.54, 1.807) is 26.6 Å². The van der Waals surface area contributed by atoms with Crippen molar-refractivity contribution in [3.8, 4) is 22.8 Å². The van der Waals surface area contributed by atoms with Gasteiger partial charge in [0.15, 0.2) is 19.8 Å². The third-order valence-corrected chi connectivity index (χ3v) is 12.8. The van der Waals surface area contributed by atoms with E-state index in [0.717, 1.165) is 32.8 Å². The van der Waals surface area contributed by atoms with Gasteiger partial charge in [-0.25, -0.2) is 9.78 Å². The molecule has 0 spiro atoms. The van der Waals surface area contributed by atoms with Gasteiger partial charge in [-0.15, -0.1) is 0 Å². The Morgan fingerprint density at radius 2 is 1.62 bits per heavy atom. The number of anilines is 1. The van der Waals surface area contributed by atoms with E-state index in [2.05, 4.69) is 55.2 Å². The highest BCUT2D eigenvalue weighted by Crippen LogP contribution is 2.38. The monoisotopic (exact) mass is 633 g/mol. The van der Waals surface area contributed by atoms with E-state index in [-0.39, 0.29) is 11.1 Å². The van der Waals surface area contributed by atoms with Crippen molar-refractivity contribution >= 4 is 41.9 Å². The number of ether oxygens (including phenoxy) is 3. The van der Waals surface area contributed by atoms with Crippen molar-refractivity contribution in [2.24, 2.45) is 0 Å². The Morgan fingerprint density at radius 1 is 0.933 bits per heavy atom. The normalized spacial score (nSPS) is 13.1. The van der Waals surface area contributed by atoms with E-state index in [1.807, 2.05) is 45.2 Å². The predicted molar refractivity (Wildman–Crippen MR) is 182 cm³/mol. The number of aromatic nitrogens is 3. The molecule has 0 unspecified atom stereocenters. The molecule has 242 valence electrons. The number of nitrogens with two attached hydrogens (primary N) is 1. The number of pyridine rings is 3. The van der Waals surface area contributed by atoms with Crippen LogP contribution >= 0.6 is 0 Å². The van der Waals surface area contributed by atoms with Gasteiger partial charge < -0.3 is 29.7 Å². The van der Waals surface area contributed by atoms with Gasteiger partial charge in [0.2, 0.25) is 0 Å². The maximum atomic E-state index is 12.7. The third kappa shape index (κ3) is 8.20. The molecule has 1 amide bonds. The Labute approximate surface area is 267 Å². The lowest BCUT2D eigenvalue weighted by Crippen LogP contribution is -2.47. The van der Waals surface area contributed by atoms with Crippen molar-refractivity contribution in [1.82, 2.24) is 20.3 Å². The highest BCUT2D eigenvalue weighted by molar-refractivity contribution is 6.74. The third-order valence-electron chi connectivity index (χ3n) is 8.26. The van der Waals surface area contributed by atoms with Crippen LogP contribution in [0.2, 0.25) is 18.1 Å². The second kappa shape index (κ2) is 13.2. The number of carbonyl (C=O) groups is 1. The zero-order valence-electron chi connectivity index (χ0n) is 28.2. The molecule has 0 aliphatic rings. The number of alkyl carbamates (subject to hydrolysis) is 1. The van der Waals surface area contributed by atoms with Crippen LogP contribution in [-0.2, 0) is 15.6 Å². The number of fused-ring (bicyclic) bond motifs is 3. The van der Waals surface area contributed by atoms with Crippen molar-refractivity contribution in [1.29, 1.82) is 0 Å². The van der Waals surface area contributed by atoms with Crippen LogP contribution in [0.4, 0.5) is 10.6 Å². The lowest BCUT2D eigenvalue weighted by Gasteiger charge is -2.37. The average Bonchev–Trinajstić information content (AvgIpc) is 2.96. The van der Waals surface area contributed by atoms with Crippen LogP contribution in [0, 0.1) is 0 Å². The van der Waals surface area contributed by atoms with E-state index in [0.29, 0.717) is 42.5 Å². The Bertz CT molecular complexity index is 1680. The van der Waals surface area contributed by atoms with Crippen LogP contribution in [0.15, 0.2) is 42.9 Å². The number of methoxy groups -OCH3 is 2. The lowest BCUT2D eigenvalue weighted by atomic mass is 10.0. The molecule has 1 atom stereocenters. The standard InChI is InChI=1S/C34H47N5O5Si/c1-33(2,3)44-32(40)38-23(20-43-45(9,10)34(4,5)6)12-11-21-13-22(18-36-17-21)27-14-24-25-15-29(41-7)30(42-8)16-28(25)37-19-26(24)31(35)39-27/h13-19,23H,11-12,20H2,1-10H3,(H2,35,39)(H,38,40)/t23-/m1/s1. The Hall–Kier alpha value is -3.96. The first-order valence-electron chi connectivity index (χ1n) is 15.2. The van der Waals surface area contributed by atoms with Gasteiger partial charge in [0, 0.05) is 41.0 Å². The molecule has 3 heterocycles. The zero-order chi connectivity index (χ0) is 33.2. The first kappa shape index (κ1) is 33.9. The number of hydrogen-bond acceptors (Lipinski definition) is 9. The van der Waals surface area contributed by atoms with E-state index < -0.39 is 20.0 Å². The van der Waals surface area contributed by atoms with Crippen molar-refractivity contribution in [2.75, 3.05) is 26.6 Å². The molecule has 45 heavy (non-hydrogen) atoms. The summed E-state index contributed by atoms with van der Waals surface area (Å²) < 4.78 is 23.1. The van der Waals surface area contributed by atoms with Gasteiger partial charge in [-0.1, -0.05) is 20.8 Å². The molecule has 4 aromatic rings. The molecule has 3 aromatic heterocycles. The van der Waals surface area contributed by atoms with Gasteiger partial charge in [-0.3, -0.25) is 9.97 Å². The van der Waals surface area contributed by atoms with E-state index >= 15 is 0 Å². The summed E-state index contributed by atoms with van der Waals surface area (Å²) in [5, 5.41) is 5.62. The Morgan fingerprint density at radius 3 is 2.27 bits per heavy atom. The number of nitrogens with zero attached hydrogens (tertiary/aromatic N) is 3. The molecule has 0 aliphatic heterocycles. The topological polar surface area (TPSA) is 131 Å². The van der Waals surface area contributed by atoms with Gasteiger partial charge in [0.25, 0.3) is 0 Å². The summed E-state index contributed by atoms with van der Waals surface area (Å²) in [6.45, 7) is 17.0. The van der Waals surface area contributed by atoms with Gasteiger partial charge >= 0.3 is 6.09 Å². The van der Waals surface area contributed by atoms with Crippen molar-refractivity contribution in [2.45, 2.75) is 84.2 Å². The smallest absolute Gasteiger partial charge is 0.407 e. The maximum Gasteiger partial charge on any atom is 0.407 e.